The maximum absolute atomic E-state index is 12.8. The number of rotatable bonds is 2. The van der Waals surface area contributed by atoms with Crippen molar-refractivity contribution in [2.75, 3.05) is 5.06 Å². The predicted octanol–water partition coefficient (Wildman–Crippen LogP) is 3.47. The summed E-state index contributed by atoms with van der Waals surface area (Å²) >= 11 is 0. The molecule has 1 aliphatic carbocycles. The molecule has 0 saturated heterocycles. The summed E-state index contributed by atoms with van der Waals surface area (Å²) in [6.45, 7) is 1.80. The van der Waals surface area contributed by atoms with Crippen LogP contribution in [0.25, 0.3) is 0 Å². The Bertz CT molecular complexity index is 638. The number of para-hydroxylation sites is 1. The molecule has 3 heteroatoms. The van der Waals surface area contributed by atoms with Crippen LogP contribution < -0.4 is 5.06 Å². The van der Waals surface area contributed by atoms with E-state index in [4.69, 9.17) is 0 Å². The zero-order valence-corrected chi connectivity index (χ0v) is 11.4. The second kappa shape index (κ2) is 4.76. The van der Waals surface area contributed by atoms with E-state index in [-0.39, 0.29) is 5.78 Å². The zero-order valence-electron chi connectivity index (χ0n) is 11.4. The lowest BCUT2D eigenvalue weighted by atomic mass is 9.77. The summed E-state index contributed by atoms with van der Waals surface area (Å²) in [4.78, 5) is 12.8. The minimum atomic E-state index is -0.907. The summed E-state index contributed by atoms with van der Waals surface area (Å²) < 4.78 is 0. The second-order valence-corrected chi connectivity index (χ2v) is 5.41. The van der Waals surface area contributed by atoms with E-state index in [1.807, 2.05) is 42.5 Å². The van der Waals surface area contributed by atoms with Crippen LogP contribution >= 0.6 is 0 Å². The molecule has 3 nitrogen and oxygen atoms in total. The van der Waals surface area contributed by atoms with Gasteiger partial charge < -0.3 is 0 Å². The average Bonchev–Trinajstić information content (AvgIpc) is 2.51. The molecule has 0 aliphatic heterocycles. The molecule has 0 saturated carbocycles. The Labute approximate surface area is 118 Å². The maximum atomic E-state index is 12.8. The van der Waals surface area contributed by atoms with Gasteiger partial charge in [-0.3, -0.25) is 10.0 Å². The second-order valence-electron chi connectivity index (χ2n) is 5.41. The molecule has 0 fully saturated rings. The molecule has 1 aliphatic rings. The van der Waals surface area contributed by atoms with Gasteiger partial charge in [-0.1, -0.05) is 42.5 Å². The van der Waals surface area contributed by atoms with Gasteiger partial charge >= 0.3 is 0 Å². The van der Waals surface area contributed by atoms with E-state index >= 15 is 0 Å². The number of nitrogens with zero attached hydrogens (tertiary/aromatic N) is 1. The van der Waals surface area contributed by atoms with Gasteiger partial charge in [-0.2, -0.15) is 0 Å². The lowest BCUT2D eigenvalue weighted by molar-refractivity contribution is 0.0737. The molecule has 0 bridgehead atoms. The van der Waals surface area contributed by atoms with Gasteiger partial charge in [0.25, 0.3) is 0 Å². The lowest BCUT2D eigenvalue weighted by Gasteiger charge is -2.40. The molecule has 1 atom stereocenters. The van der Waals surface area contributed by atoms with E-state index in [2.05, 4.69) is 0 Å². The number of fused-ring (bicyclic) bond motifs is 1. The molecule has 1 unspecified atom stereocenters. The van der Waals surface area contributed by atoms with Gasteiger partial charge in [0, 0.05) is 5.56 Å². The molecular weight excluding hydrogens is 250 g/mol. The fourth-order valence-corrected chi connectivity index (χ4v) is 2.80. The molecule has 102 valence electrons. The number of hydrogen-bond donors (Lipinski definition) is 1. The fraction of sp³-hybridized carbons (Fsp3) is 0.235. The van der Waals surface area contributed by atoms with Crippen molar-refractivity contribution < 1.29 is 10.0 Å². The summed E-state index contributed by atoms with van der Waals surface area (Å²) in [5, 5.41) is 11.6. The molecule has 0 radical (unpaired) electrons. The maximum Gasteiger partial charge on any atom is 0.190 e. The number of aryl methyl sites for hydroxylation is 1. The molecule has 0 heterocycles. The first-order valence-corrected chi connectivity index (χ1v) is 6.80. The van der Waals surface area contributed by atoms with E-state index in [9.17, 15) is 10.0 Å². The third kappa shape index (κ3) is 1.91. The van der Waals surface area contributed by atoms with Gasteiger partial charge in [0.2, 0.25) is 0 Å². The van der Waals surface area contributed by atoms with Crippen LogP contribution in [0.1, 0.15) is 29.3 Å². The van der Waals surface area contributed by atoms with E-state index in [1.54, 1.807) is 19.1 Å². The quantitative estimate of drug-likeness (QED) is 0.847. The van der Waals surface area contributed by atoms with Crippen molar-refractivity contribution in [1.29, 1.82) is 0 Å². The SMILES string of the molecule is CC1(N(O)c2ccccc2)CCc2ccccc2C1=O. The lowest BCUT2D eigenvalue weighted by Crippen LogP contribution is -2.53. The number of benzene rings is 2. The van der Waals surface area contributed by atoms with Crippen LogP contribution in [0.15, 0.2) is 54.6 Å². The Kier molecular flexibility index (Phi) is 3.07. The summed E-state index contributed by atoms with van der Waals surface area (Å²) in [7, 11) is 0. The Balaban J connectivity index is 2.00. The number of carbonyl (C=O) groups is 1. The monoisotopic (exact) mass is 267 g/mol. The van der Waals surface area contributed by atoms with Gasteiger partial charge in [0.05, 0.1) is 5.69 Å². The zero-order chi connectivity index (χ0) is 14.2. The molecule has 2 aromatic rings. The first-order valence-electron chi connectivity index (χ1n) is 6.80. The van der Waals surface area contributed by atoms with Gasteiger partial charge in [0.1, 0.15) is 5.54 Å². The van der Waals surface area contributed by atoms with Crippen LogP contribution in [0.5, 0.6) is 0 Å². The highest BCUT2D eigenvalue weighted by molar-refractivity contribution is 6.06. The van der Waals surface area contributed by atoms with Crippen LogP contribution in [-0.4, -0.2) is 16.5 Å². The number of Topliss-reactive ketones (excluding diaryl/α,β-unsaturated/α-hetero) is 1. The highest BCUT2D eigenvalue weighted by Gasteiger charge is 2.43. The topological polar surface area (TPSA) is 40.5 Å². The van der Waals surface area contributed by atoms with Crippen molar-refractivity contribution >= 4 is 11.5 Å². The number of anilines is 1. The number of carbonyl (C=O) groups excluding carboxylic acids is 1. The third-order valence-electron chi connectivity index (χ3n) is 4.10. The minimum absolute atomic E-state index is 0.0225. The Morgan fingerprint density at radius 3 is 2.45 bits per heavy atom. The first-order chi connectivity index (χ1) is 9.63. The predicted molar refractivity (Wildman–Crippen MR) is 78.2 cm³/mol. The largest absolute Gasteiger partial charge is 0.291 e. The van der Waals surface area contributed by atoms with Crippen molar-refractivity contribution in [2.45, 2.75) is 25.3 Å². The Morgan fingerprint density at radius 1 is 1.05 bits per heavy atom. The summed E-state index contributed by atoms with van der Waals surface area (Å²) in [5.41, 5.74) is 1.52. The van der Waals surface area contributed by atoms with Crippen LogP contribution in [0.4, 0.5) is 5.69 Å². The summed E-state index contributed by atoms with van der Waals surface area (Å²) in [6.07, 6.45) is 1.40. The van der Waals surface area contributed by atoms with Crippen molar-refractivity contribution in [3.63, 3.8) is 0 Å². The van der Waals surface area contributed by atoms with Crippen molar-refractivity contribution in [3.05, 3.63) is 65.7 Å². The number of hydrogen-bond acceptors (Lipinski definition) is 3. The fourth-order valence-electron chi connectivity index (χ4n) is 2.80. The number of hydroxylamine groups is 1. The summed E-state index contributed by atoms with van der Waals surface area (Å²) in [5.74, 6) is -0.0225. The molecule has 0 aromatic heterocycles. The highest BCUT2D eigenvalue weighted by Crippen LogP contribution is 2.34. The third-order valence-corrected chi connectivity index (χ3v) is 4.10. The van der Waals surface area contributed by atoms with Crippen molar-refractivity contribution in [1.82, 2.24) is 0 Å². The smallest absolute Gasteiger partial charge is 0.190 e. The van der Waals surface area contributed by atoms with Crippen LogP contribution in [0.2, 0.25) is 0 Å². The Morgan fingerprint density at radius 2 is 1.70 bits per heavy atom. The van der Waals surface area contributed by atoms with E-state index in [0.29, 0.717) is 12.1 Å². The molecule has 1 N–H and O–H groups in total. The molecule has 0 spiro atoms. The Hall–Kier alpha value is -2.13. The average molecular weight is 267 g/mol. The van der Waals surface area contributed by atoms with Gasteiger partial charge in [0.15, 0.2) is 5.78 Å². The number of ketones is 1. The normalized spacial score (nSPS) is 21.4. The van der Waals surface area contributed by atoms with Crippen LogP contribution in [0.3, 0.4) is 0 Å². The van der Waals surface area contributed by atoms with E-state index < -0.39 is 5.54 Å². The van der Waals surface area contributed by atoms with E-state index in [1.165, 1.54) is 0 Å². The van der Waals surface area contributed by atoms with Gasteiger partial charge in [-0.05, 0) is 37.5 Å². The first kappa shape index (κ1) is 12.9. The van der Waals surface area contributed by atoms with Crippen LogP contribution in [-0.2, 0) is 6.42 Å². The molecule has 2 aromatic carbocycles. The van der Waals surface area contributed by atoms with Crippen molar-refractivity contribution in [3.8, 4) is 0 Å². The van der Waals surface area contributed by atoms with Gasteiger partial charge in [-0.15, -0.1) is 0 Å². The molecule has 20 heavy (non-hydrogen) atoms. The molecule has 3 rings (SSSR count). The van der Waals surface area contributed by atoms with Crippen molar-refractivity contribution in [2.24, 2.45) is 0 Å². The van der Waals surface area contributed by atoms with Crippen LogP contribution in [0, 0.1) is 0 Å². The van der Waals surface area contributed by atoms with E-state index in [0.717, 1.165) is 22.6 Å². The standard InChI is InChI=1S/C17H17NO2/c1-17(18(20)14-8-3-2-4-9-14)12-11-13-7-5-6-10-15(13)16(17)19/h2-10,20H,11-12H2,1H3. The summed E-state index contributed by atoms with van der Waals surface area (Å²) in [6, 6.07) is 16.8. The minimum Gasteiger partial charge on any atom is -0.291 e. The molecular formula is C17H17NO2. The highest BCUT2D eigenvalue weighted by atomic mass is 16.5. The molecule has 0 amide bonds. The van der Waals surface area contributed by atoms with Gasteiger partial charge in [-0.25, -0.2) is 5.06 Å².